The first kappa shape index (κ1) is 29.3. The van der Waals surface area contributed by atoms with Crippen molar-refractivity contribution >= 4 is 23.5 Å². The minimum Gasteiger partial charge on any atom is -0.390 e. The molecule has 0 aliphatic carbocycles. The summed E-state index contributed by atoms with van der Waals surface area (Å²) >= 11 is 0. The minimum atomic E-state index is -5.72. The first-order valence-electron chi connectivity index (χ1n) is 10.1. The standard InChI is InChI=1S/C18H21N2O14P3/c1-11-2-4-12(5-3-11)6-7-13-9-20(18(23)19-17(13)22)16-8-14(21)15(32-16)10-31-36(27,28)34-37(29,30)33-35(24,25)26/h2-5,9,14-16,21H,8,10H2,1H3,(H,27,28)(H,29,30)(H,19,22,23)(H2,24,25,26). The molecule has 2 aromatic rings. The molecule has 19 heteroatoms. The summed E-state index contributed by atoms with van der Waals surface area (Å²) in [6.07, 6.45) is -3.03. The van der Waals surface area contributed by atoms with Crippen molar-refractivity contribution in [3.63, 3.8) is 0 Å². The molecule has 0 radical (unpaired) electrons. The lowest BCUT2D eigenvalue weighted by Gasteiger charge is -2.19. The highest BCUT2D eigenvalue weighted by molar-refractivity contribution is 7.66. The van der Waals surface area contributed by atoms with Crippen molar-refractivity contribution in [2.24, 2.45) is 0 Å². The van der Waals surface area contributed by atoms with Crippen molar-refractivity contribution in [2.45, 2.75) is 31.8 Å². The van der Waals surface area contributed by atoms with Gasteiger partial charge in [-0.25, -0.2) is 18.5 Å². The first-order chi connectivity index (χ1) is 17.0. The van der Waals surface area contributed by atoms with Crippen LogP contribution in [0.15, 0.2) is 40.1 Å². The van der Waals surface area contributed by atoms with Crippen LogP contribution in [-0.2, 0) is 31.6 Å². The van der Waals surface area contributed by atoms with Crippen LogP contribution in [0, 0.1) is 18.8 Å². The molecular formula is C18H21N2O14P3. The summed E-state index contributed by atoms with van der Waals surface area (Å²) in [5.74, 6) is 5.43. The van der Waals surface area contributed by atoms with E-state index in [-0.39, 0.29) is 12.0 Å². The third-order valence-corrected chi connectivity index (χ3v) is 8.50. The Bertz CT molecular complexity index is 1470. The van der Waals surface area contributed by atoms with E-state index < -0.39 is 59.8 Å². The van der Waals surface area contributed by atoms with Gasteiger partial charge in [-0.1, -0.05) is 29.5 Å². The average Bonchev–Trinajstić information content (AvgIpc) is 3.10. The van der Waals surface area contributed by atoms with Gasteiger partial charge in [-0.15, -0.1) is 0 Å². The van der Waals surface area contributed by atoms with E-state index in [4.69, 9.17) is 14.5 Å². The fourth-order valence-electron chi connectivity index (χ4n) is 3.07. The fourth-order valence-corrected chi connectivity index (χ4v) is 6.10. The number of hydrogen-bond donors (Lipinski definition) is 6. The molecule has 5 atom stereocenters. The van der Waals surface area contributed by atoms with Crippen molar-refractivity contribution in [3.05, 3.63) is 68.0 Å². The second-order valence-corrected chi connectivity index (χ2v) is 12.1. The number of nitrogens with one attached hydrogen (secondary N) is 1. The molecule has 5 unspecified atom stereocenters. The molecule has 1 aliphatic heterocycles. The van der Waals surface area contributed by atoms with Crippen molar-refractivity contribution in [1.29, 1.82) is 0 Å². The lowest BCUT2D eigenvalue weighted by molar-refractivity contribution is -0.0450. The molecule has 202 valence electrons. The molecule has 0 bridgehead atoms. The van der Waals surface area contributed by atoms with Crippen molar-refractivity contribution in [2.75, 3.05) is 6.61 Å². The molecule has 37 heavy (non-hydrogen) atoms. The van der Waals surface area contributed by atoms with Gasteiger partial charge in [-0.3, -0.25) is 18.9 Å². The zero-order valence-electron chi connectivity index (χ0n) is 18.7. The van der Waals surface area contributed by atoms with Crippen LogP contribution >= 0.6 is 23.5 Å². The summed E-state index contributed by atoms with van der Waals surface area (Å²) in [5.41, 5.74) is -0.117. The second-order valence-electron chi connectivity index (χ2n) is 7.64. The quantitative estimate of drug-likeness (QED) is 0.180. The number of aryl methyl sites for hydroxylation is 1. The van der Waals surface area contributed by atoms with Crippen LogP contribution < -0.4 is 11.2 Å². The number of aliphatic hydroxyl groups is 1. The van der Waals surface area contributed by atoms with E-state index in [1.165, 1.54) is 0 Å². The number of rotatable bonds is 8. The third kappa shape index (κ3) is 8.66. The smallest absolute Gasteiger partial charge is 0.390 e. The largest absolute Gasteiger partial charge is 0.490 e. The predicted octanol–water partition coefficient (Wildman–Crippen LogP) is 0.237. The van der Waals surface area contributed by atoms with Crippen molar-refractivity contribution in [1.82, 2.24) is 9.55 Å². The monoisotopic (exact) mass is 582 g/mol. The topological polar surface area (TPSA) is 244 Å². The Hall–Kier alpha value is -2.21. The molecular weight excluding hydrogens is 561 g/mol. The number of aliphatic hydroxyl groups excluding tert-OH is 1. The molecule has 0 amide bonds. The number of aromatic amines is 1. The molecule has 1 fully saturated rings. The van der Waals surface area contributed by atoms with Gasteiger partial charge in [0.05, 0.1) is 12.7 Å². The maximum atomic E-state index is 12.3. The molecule has 1 aromatic carbocycles. The van der Waals surface area contributed by atoms with Crippen molar-refractivity contribution in [3.8, 4) is 11.8 Å². The third-order valence-electron chi connectivity index (χ3n) is 4.69. The molecule has 0 spiro atoms. The zero-order chi connectivity index (χ0) is 27.6. The number of phosphoric acid groups is 3. The molecule has 16 nitrogen and oxygen atoms in total. The maximum Gasteiger partial charge on any atom is 0.490 e. The number of ether oxygens (including phenoxy) is 1. The molecule has 6 N–H and O–H groups in total. The molecule has 2 heterocycles. The van der Waals surface area contributed by atoms with Gasteiger partial charge in [-0.05, 0) is 19.1 Å². The van der Waals surface area contributed by atoms with Gasteiger partial charge in [0, 0.05) is 18.2 Å². The SMILES string of the molecule is Cc1ccc(C#Cc2cn(C3CC(O)C(COP(=O)(O)OP(=O)(O)OP(=O)(O)O)O3)c(=O)[nH]c2=O)cc1. The lowest BCUT2D eigenvalue weighted by atomic mass is 10.1. The Morgan fingerprint density at radius 1 is 1.05 bits per heavy atom. The Morgan fingerprint density at radius 3 is 2.32 bits per heavy atom. The van der Waals surface area contributed by atoms with E-state index >= 15 is 0 Å². The lowest BCUT2D eigenvalue weighted by Crippen LogP contribution is -2.33. The fraction of sp³-hybridized carbons (Fsp3) is 0.333. The number of hydrogen-bond acceptors (Lipinski definition) is 10. The van der Waals surface area contributed by atoms with Crippen molar-refractivity contribution < 1.29 is 56.3 Å². The minimum absolute atomic E-state index is 0.0880. The molecule has 1 aromatic heterocycles. The van der Waals surface area contributed by atoms with E-state index in [9.17, 15) is 38.2 Å². The van der Waals surface area contributed by atoms with Crippen LogP contribution in [-0.4, -0.2) is 53.0 Å². The van der Waals surface area contributed by atoms with E-state index in [2.05, 4.69) is 30.0 Å². The van der Waals surface area contributed by atoms with Crippen LogP contribution in [0.3, 0.4) is 0 Å². The highest BCUT2D eigenvalue weighted by Crippen LogP contribution is 2.66. The summed E-state index contributed by atoms with van der Waals surface area (Å²) in [4.78, 5) is 62.4. The zero-order valence-corrected chi connectivity index (χ0v) is 21.4. The second kappa shape index (κ2) is 11.3. The van der Waals surface area contributed by atoms with Gasteiger partial charge in [-0.2, -0.15) is 8.62 Å². The summed E-state index contributed by atoms with van der Waals surface area (Å²) in [6, 6.07) is 7.13. The molecule has 1 aliphatic rings. The van der Waals surface area contributed by atoms with E-state index in [0.717, 1.165) is 16.3 Å². The number of H-pyrrole nitrogens is 1. The van der Waals surface area contributed by atoms with E-state index in [1.807, 2.05) is 19.1 Å². The molecule has 3 rings (SSSR count). The van der Waals surface area contributed by atoms with Crippen LogP contribution in [0.2, 0.25) is 0 Å². The Labute approximate surface area is 207 Å². The molecule has 1 saturated heterocycles. The average molecular weight is 582 g/mol. The van der Waals surface area contributed by atoms with Gasteiger partial charge < -0.3 is 29.4 Å². The highest BCUT2D eigenvalue weighted by atomic mass is 31.3. The van der Waals surface area contributed by atoms with Crippen LogP contribution in [0.5, 0.6) is 0 Å². The summed E-state index contributed by atoms with van der Waals surface area (Å²) in [5, 5.41) is 10.2. The predicted molar refractivity (Wildman–Crippen MR) is 123 cm³/mol. The Morgan fingerprint density at radius 2 is 1.70 bits per heavy atom. The van der Waals surface area contributed by atoms with Crippen LogP contribution in [0.25, 0.3) is 0 Å². The van der Waals surface area contributed by atoms with Gasteiger partial charge in [0.25, 0.3) is 5.56 Å². The van der Waals surface area contributed by atoms with Crippen LogP contribution in [0.1, 0.15) is 29.3 Å². The summed E-state index contributed by atoms with van der Waals surface area (Å²) < 4.78 is 52.0. The van der Waals surface area contributed by atoms with E-state index in [0.29, 0.717) is 5.56 Å². The first-order valence-corrected chi connectivity index (χ1v) is 14.6. The van der Waals surface area contributed by atoms with E-state index in [1.54, 1.807) is 12.1 Å². The number of benzene rings is 1. The van der Waals surface area contributed by atoms with Gasteiger partial charge in [0.1, 0.15) is 17.9 Å². The highest BCUT2D eigenvalue weighted by Gasteiger charge is 2.43. The summed E-state index contributed by atoms with van der Waals surface area (Å²) in [7, 11) is -16.7. The number of nitrogens with zero attached hydrogens (tertiary/aromatic N) is 1. The van der Waals surface area contributed by atoms with Gasteiger partial charge >= 0.3 is 29.2 Å². The summed E-state index contributed by atoms with van der Waals surface area (Å²) in [6.45, 7) is 0.976. The van der Waals surface area contributed by atoms with Gasteiger partial charge in [0.15, 0.2) is 0 Å². The Kier molecular flexibility index (Phi) is 8.94. The van der Waals surface area contributed by atoms with Crippen LogP contribution in [0.4, 0.5) is 0 Å². The number of aromatic nitrogens is 2. The normalized spacial score (nSPS) is 23.0. The molecule has 0 saturated carbocycles. The van der Waals surface area contributed by atoms with Gasteiger partial charge in [0.2, 0.25) is 0 Å². The Balaban J connectivity index is 1.71. The number of phosphoric ester groups is 1. The maximum absolute atomic E-state index is 12.3.